The van der Waals surface area contributed by atoms with Gasteiger partial charge in [-0.2, -0.15) is 22.0 Å². The van der Waals surface area contributed by atoms with Gasteiger partial charge < -0.3 is 10.1 Å². The third kappa shape index (κ3) is 4.03. The molecule has 0 bridgehead atoms. The van der Waals surface area contributed by atoms with Crippen molar-refractivity contribution in [3.63, 3.8) is 0 Å². The first-order chi connectivity index (χ1) is 13.1. The second-order valence-corrected chi connectivity index (χ2v) is 6.95. The van der Waals surface area contributed by atoms with Gasteiger partial charge in [-0.3, -0.25) is 9.79 Å². The van der Waals surface area contributed by atoms with Gasteiger partial charge in [0.1, 0.15) is 16.8 Å². The van der Waals surface area contributed by atoms with Crippen LogP contribution >= 0.6 is 11.8 Å². The maximum Gasteiger partial charge on any atom is 0.418 e. The predicted octanol–water partition coefficient (Wildman–Crippen LogP) is 3.77. The zero-order chi connectivity index (χ0) is 20.6. The fraction of sp³-hybridized carbons (Fsp3) is 0.353. The van der Waals surface area contributed by atoms with E-state index in [2.05, 4.69) is 20.0 Å². The number of rotatable bonds is 4. The van der Waals surface area contributed by atoms with Crippen molar-refractivity contribution < 1.29 is 31.5 Å². The number of likely N-dealkylation sites (N-methyl/N-ethyl adjacent to an activating group) is 1. The number of halogens is 5. The summed E-state index contributed by atoms with van der Waals surface area (Å²) in [5.41, 5.74) is -1.00. The second-order valence-electron chi connectivity index (χ2n) is 5.94. The number of hydrogen-bond acceptors (Lipinski definition) is 5. The van der Waals surface area contributed by atoms with Crippen LogP contribution < -0.4 is 10.1 Å². The lowest BCUT2D eigenvalue weighted by molar-refractivity contribution is -0.136. The Hall–Kier alpha value is -2.43. The van der Waals surface area contributed by atoms with E-state index in [1.165, 1.54) is 31.8 Å². The van der Waals surface area contributed by atoms with E-state index in [0.29, 0.717) is 22.4 Å². The van der Waals surface area contributed by atoms with Crippen molar-refractivity contribution in [2.24, 2.45) is 4.99 Å². The molecule has 0 saturated carbocycles. The van der Waals surface area contributed by atoms with E-state index in [1.54, 1.807) is 0 Å². The molecule has 1 aromatic carbocycles. The van der Waals surface area contributed by atoms with Crippen molar-refractivity contribution >= 4 is 33.6 Å². The van der Waals surface area contributed by atoms with Crippen LogP contribution in [-0.2, 0) is 11.0 Å². The van der Waals surface area contributed by atoms with Crippen LogP contribution in [0.25, 0.3) is 10.9 Å². The highest BCUT2D eigenvalue weighted by atomic mass is 32.2. The Morgan fingerprint density at radius 1 is 1.32 bits per heavy atom. The van der Waals surface area contributed by atoms with Gasteiger partial charge in [0.25, 0.3) is 0 Å². The Kier molecular flexibility index (Phi) is 5.46. The number of carbonyl (C=O) groups is 1. The molecule has 2 heterocycles. The monoisotopic (exact) mass is 419 g/mol. The number of aliphatic imine (C=N–C) groups is 1. The van der Waals surface area contributed by atoms with Crippen molar-refractivity contribution in [3.05, 3.63) is 35.0 Å². The quantitative estimate of drug-likeness (QED) is 0.767. The SMILES string of the molecule is CNC(=O)C1CSC(c2cc(C)c3cc(OC(F)F)cc(C(F)(F)F)c3n2)=N1. The van der Waals surface area contributed by atoms with E-state index in [1.807, 2.05) is 0 Å². The Bertz CT molecular complexity index is 962. The first-order valence-corrected chi connectivity index (χ1v) is 8.98. The summed E-state index contributed by atoms with van der Waals surface area (Å²) < 4.78 is 69.7. The van der Waals surface area contributed by atoms with Crippen molar-refractivity contribution in [3.8, 4) is 5.75 Å². The van der Waals surface area contributed by atoms with Crippen LogP contribution in [0, 0.1) is 6.92 Å². The van der Waals surface area contributed by atoms with Gasteiger partial charge in [-0.15, -0.1) is 11.8 Å². The smallest absolute Gasteiger partial charge is 0.418 e. The molecule has 1 amide bonds. The van der Waals surface area contributed by atoms with E-state index in [0.717, 1.165) is 6.07 Å². The van der Waals surface area contributed by atoms with Gasteiger partial charge >= 0.3 is 12.8 Å². The van der Waals surface area contributed by atoms with Crippen LogP contribution in [0.2, 0.25) is 0 Å². The number of hydrogen-bond donors (Lipinski definition) is 1. The maximum atomic E-state index is 13.5. The molecule has 28 heavy (non-hydrogen) atoms. The van der Waals surface area contributed by atoms with E-state index in [-0.39, 0.29) is 17.0 Å². The molecule has 3 rings (SSSR count). The highest BCUT2D eigenvalue weighted by Crippen LogP contribution is 2.39. The molecule has 1 unspecified atom stereocenters. The maximum absolute atomic E-state index is 13.5. The molecule has 0 fully saturated rings. The van der Waals surface area contributed by atoms with Crippen LogP contribution in [-0.4, -0.2) is 41.4 Å². The first kappa shape index (κ1) is 20.3. The van der Waals surface area contributed by atoms with Crippen molar-refractivity contribution in [1.82, 2.24) is 10.3 Å². The Balaban J connectivity index is 2.15. The summed E-state index contributed by atoms with van der Waals surface area (Å²) in [6.07, 6.45) is -4.83. The van der Waals surface area contributed by atoms with E-state index in [4.69, 9.17) is 0 Å². The molecule has 2 aromatic rings. The summed E-state index contributed by atoms with van der Waals surface area (Å²) in [6.45, 7) is -1.71. The topological polar surface area (TPSA) is 63.6 Å². The Morgan fingerprint density at radius 2 is 2.04 bits per heavy atom. The molecule has 0 radical (unpaired) electrons. The predicted molar refractivity (Wildman–Crippen MR) is 95.0 cm³/mol. The minimum Gasteiger partial charge on any atom is -0.435 e. The number of amides is 1. The molecule has 1 aliphatic heterocycles. The zero-order valence-corrected chi connectivity index (χ0v) is 15.4. The fourth-order valence-corrected chi connectivity index (χ4v) is 3.77. The normalized spacial score (nSPS) is 17.1. The molecular formula is C17H14F5N3O2S. The number of thioether (sulfide) groups is 1. The molecule has 1 N–H and O–H groups in total. The molecule has 1 aromatic heterocycles. The number of ether oxygens (including phenoxy) is 1. The van der Waals surface area contributed by atoms with Crippen LogP contribution in [0.1, 0.15) is 16.8 Å². The summed E-state index contributed by atoms with van der Waals surface area (Å²) >= 11 is 1.21. The second kappa shape index (κ2) is 7.53. The van der Waals surface area contributed by atoms with E-state index in [9.17, 15) is 26.7 Å². The molecule has 1 atom stereocenters. The average Bonchev–Trinajstić information content (AvgIpc) is 3.09. The van der Waals surface area contributed by atoms with Crippen molar-refractivity contribution in [2.45, 2.75) is 25.8 Å². The number of nitrogens with zero attached hydrogens (tertiary/aromatic N) is 2. The number of nitrogens with one attached hydrogen (secondary N) is 1. The molecule has 0 spiro atoms. The number of carbonyl (C=O) groups excluding carboxylic acids is 1. The summed E-state index contributed by atoms with van der Waals surface area (Å²) in [5.74, 6) is -0.550. The number of pyridine rings is 1. The lowest BCUT2D eigenvalue weighted by Gasteiger charge is -2.15. The Morgan fingerprint density at radius 3 is 2.64 bits per heavy atom. The van der Waals surface area contributed by atoms with Gasteiger partial charge in [-0.05, 0) is 30.7 Å². The standard InChI is InChI=1S/C17H14F5N3O2S/c1-7-3-11(15-25-12(6-28-15)14(26)23-2)24-13-9(7)4-8(27-16(18)19)5-10(13)17(20,21)22/h3-5,12,16H,6H2,1-2H3,(H,23,26). The highest BCUT2D eigenvalue weighted by Gasteiger charge is 2.35. The molecule has 0 aliphatic carbocycles. The number of benzene rings is 1. The van der Waals surface area contributed by atoms with Crippen LogP contribution in [0.3, 0.4) is 0 Å². The summed E-state index contributed by atoms with van der Waals surface area (Å²) in [6, 6.07) is 2.46. The number of alkyl halides is 5. The minimum absolute atomic E-state index is 0.0423. The lowest BCUT2D eigenvalue weighted by Crippen LogP contribution is -2.30. The third-order valence-electron chi connectivity index (χ3n) is 4.04. The summed E-state index contributed by atoms with van der Waals surface area (Å²) in [4.78, 5) is 20.0. The molecule has 150 valence electrons. The van der Waals surface area contributed by atoms with Crippen LogP contribution in [0.4, 0.5) is 22.0 Å². The third-order valence-corrected chi connectivity index (χ3v) is 5.11. The molecule has 11 heteroatoms. The van der Waals surface area contributed by atoms with Gasteiger partial charge in [-0.1, -0.05) is 0 Å². The van der Waals surface area contributed by atoms with Crippen LogP contribution in [0.5, 0.6) is 5.75 Å². The molecule has 5 nitrogen and oxygen atoms in total. The molecular weight excluding hydrogens is 405 g/mol. The average molecular weight is 419 g/mol. The minimum atomic E-state index is -4.83. The first-order valence-electron chi connectivity index (χ1n) is 8.00. The Labute approximate surface area is 160 Å². The van der Waals surface area contributed by atoms with Crippen molar-refractivity contribution in [1.29, 1.82) is 0 Å². The van der Waals surface area contributed by atoms with Gasteiger partial charge in [-0.25, -0.2) is 4.98 Å². The van der Waals surface area contributed by atoms with E-state index < -0.39 is 35.7 Å². The number of fused-ring (bicyclic) bond motifs is 1. The van der Waals surface area contributed by atoms with Gasteiger partial charge in [0.15, 0.2) is 0 Å². The summed E-state index contributed by atoms with van der Waals surface area (Å²) in [5, 5.41) is 2.86. The highest BCUT2D eigenvalue weighted by molar-refractivity contribution is 8.14. The summed E-state index contributed by atoms with van der Waals surface area (Å²) in [7, 11) is 1.47. The number of aromatic nitrogens is 1. The van der Waals surface area contributed by atoms with Gasteiger partial charge in [0.05, 0.1) is 16.8 Å². The van der Waals surface area contributed by atoms with Crippen molar-refractivity contribution in [2.75, 3.05) is 12.8 Å². The van der Waals surface area contributed by atoms with E-state index >= 15 is 0 Å². The number of aryl methyl sites for hydroxylation is 1. The lowest BCUT2D eigenvalue weighted by atomic mass is 10.0. The van der Waals surface area contributed by atoms with Gasteiger partial charge in [0.2, 0.25) is 5.91 Å². The van der Waals surface area contributed by atoms with Crippen LogP contribution in [0.15, 0.2) is 23.2 Å². The largest absolute Gasteiger partial charge is 0.435 e. The molecule has 1 aliphatic rings. The van der Waals surface area contributed by atoms with Gasteiger partial charge in [0, 0.05) is 18.2 Å². The zero-order valence-electron chi connectivity index (χ0n) is 14.6. The molecule has 0 saturated heterocycles. The fourth-order valence-electron chi connectivity index (χ4n) is 2.78.